The van der Waals surface area contributed by atoms with Gasteiger partial charge < -0.3 is 9.84 Å². The van der Waals surface area contributed by atoms with Gasteiger partial charge in [-0.15, -0.1) is 0 Å². The van der Waals surface area contributed by atoms with Gasteiger partial charge in [-0.1, -0.05) is 39.5 Å². The molecule has 0 radical (unpaired) electrons. The lowest BCUT2D eigenvalue weighted by Crippen LogP contribution is -2.03. The van der Waals surface area contributed by atoms with Gasteiger partial charge >= 0.3 is 6.16 Å². The Morgan fingerprint density at radius 2 is 2.13 bits per heavy atom. The maximum absolute atomic E-state index is 10.1. The molecular weight excluding hydrogens is 192 g/mol. The molecule has 0 aliphatic carbocycles. The van der Waals surface area contributed by atoms with Crippen molar-refractivity contribution < 1.29 is 14.6 Å². The molecule has 3 nitrogen and oxygen atoms in total. The second kappa shape index (κ2) is 8.16. The molecule has 0 bridgehead atoms. The van der Waals surface area contributed by atoms with E-state index < -0.39 is 6.16 Å². The van der Waals surface area contributed by atoms with Crippen molar-refractivity contribution in [2.45, 2.75) is 46.5 Å². The van der Waals surface area contributed by atoms with E-state index in [1.807, 2.05) is 0 Å². The van der Waals surface area contributed by atoms with Gasteiger partial charge in [-0.2, -0.15) is 0 Å². The van der Waals surface area contributed by atoms with Crippen LogP contribution >= 0.6 is 0 Å². The molecule has 86 valence electrons. The topological polar surface area (TPSA) is 46.5 Å². The van der Waals surface area contributed by atoms with Crippen molar-refractivity contribution in [1.29, 1.82) is 0 Å². The van der Waals surface area contributed by atoms with Crippen LogP contribution in [0.3, 0.4) is 0 Å². The first-order valence-corrected chi connectivity index (χ1v) is 5.46. The van der Waals surface area contributed by atoms with E-state index in [2.05, 4.69) is 37.5 Å². The predicted molar refractivity (Wildman–Crippen MR) is 59.4 cm³/mol. The molecular formula is C12H20O3. The largest absolute Gasteiger partial charge is 0.520 e. The summed E-state index contributed by atoms with van der Waals surface area (Å²) in [5, 5.41) is 8.26. The molecule has 0 aromatic rings. The minimum atomic E-state index is -1.33. The lowest BCUT2D eigenvalue weighted by Gasteiger charge is -2.11. The minimum Gasteiger partial charge on any atom is -0.449 e. The molecule has 0 aromatic heterocycles. The van der Waals surface area contributed by atoms with Gasteiger partial charge in [-0.05, 0) is 18.8 Å². The van der Waals surface area contributed by atoms with Crippen molar-refractivity contribution in [3.05, 3.63) is 0 Å². The van der Waals surface area contributed by atoms with Crippen LogP contribution in [0.1, 0.15) is 46.5 Å². The number of carboxylic acid groups (broad SMARTS) is 1. The molecule has 0 aromatic carbocycles. The van der Waals surface area contributed by atoms with Crippen molar-refractivity contribution in [2.24, 2.45) is 11.8 Å². The van der Waals surface area contributed by atoms with Crippen LogP contribution in [-0.4, -0.2) is 11.3 Å². The number of hydrogen-bond donors (Lipinski definition) is 1. The fraction of sp³-hybridized carbons (Fsp3) is 0.750. The zero-order chi connectivity index (χ0) is 11.7. The van der Waals surface area contributed by atoms with Gasteiger partial charge in [0.15, 0.2) is 0 Å². The predicted octanol–water partition coefficient (Wildman–Crippen LogP) is 3.49. The van der Waals surface area contributed by atoms with Crippen LogP contribution in [0.15, 0.2) is 0 Å². The third-order valence-electron chi connectivity index (χ3n) is 2.06. The summed E-state index contributed by atoms with van der Waals surface area (Å²) < 4.78 is 4.19. The second-order valence-corrected chi connectivity index (χ2v) is 4.08. The molecule has 15 heavy (non-hydrogen) atoms. The Hall–Kier alpha value is -1.17. The third kappa shape index (κ3) is 9.14. The molecule has 0 saturated carbocycles. The number of ether oxygens (including phenoxy) is 1. The number of rotatable bonds is 5. The first kappa shape index (κ1) is 13.8. The molecule has 0 aliphatic heterocycles. The quantitative estimate of drug-likeness (QED) is 0.560. The highest BCUT2D eigenvalue weighted by molar-refractivity contribution is 5.58. The van der Waals surface area contributed by atoms with Crippen LogP contribution in [0.5, 0.6) is 0 Å². The van der Waals surface area contributed by atoms with E-state index in [9.17, 15) is 4.79 Å². The monoisotopic (exact) mass is 212 g/mol. The highest BCUT2D eigenvalue weighted by Crippen LogP contribution is 2.17. The molecule has 1 unspecified atom stereocenters. The van der Waals surface area contributed by atoms with Gasteiger partial charge in [0.1, 0.15) is 6.11 Å². The molecule has 0 fully saturated rings. The summed E-state index contributed by atoms with van der Waals surface area (Å²) in [5.41, 5.74) is 0. The molecule has 1 atom stereocenters. The lowest BCUT2D eigenvalue weighted by molar-refractivity contribution is 0.134. The van der Waals surface area contributed by atoms with E-state index in [1.165, 1.54) is 0 Å². The van der Waals surface area contributed by atoms with E-state index in [0.29, 0.717) is 5.92 Å². The van der Waals surface area contributed by atoms with Gasteiger partial charge in [-0.25, -0.2) is 4.79 Å². The lowest BCUT2D eigenvalue weighted by atomic mass is 9.93. The van der Waals surface area contributed by atoms with Crippen LogP contribution in [0.4, 0.5) is 4.79 Å². The van der Waals surface area contributed by atoms with Crippen LogP contribution in [0.25, 0.3) is 0 Å². The third-order valence-corrected chi connectivity index (χ3v) is 2.06. The summed E-state index contributed by atoms with van der Waals surface area (Å²) in [6.45, 7) is 6.41. The standard InChI is InChI=1S/C12H20O3/c1-4-5-6-11(9-10(2)3)7-8-15-12(13)14/h10-11H,4-6,9H2,1-3H3,(H,13,14). The van der Waals surface area contributed by atoms with Gasteiger partial charge in [0, 0.05) is 5.92 Å². The fourth-order valence-corrected chi connectivity index (χ4v) is 1.42. The van der Waals surface area contributed by atoms with Crippen molar-refractivity contribution in [3.63, 3.8) is 0 Å². The van der Waals surface area contributed by atoms with Gasteiger partial charge in [-0.3, -0.25) is 0 Å². The highest BCUT2D eigenvalue weighted by Gasteiger charge is 2.07. The van der Waals surface area contributed by atoms with Crippen molar-refractivity contribution in [2.75, 3.05) is 0 Å². The molecule has 0 amide bonds. The number of carbonyl (C=O) groups is 1. The molecule has 0 aliphatic rings. The zero-order valence-electron chi connectivity index (χ0n) is 9.75. The van der Waals surface area contributed by atoms with Crippen LogP contribution in [0.2, 0.25) is 0 Å². The molecule has 0 spiro atoms. The minimum absolute atomic E-state index is 0.254. The number of hydrogen-bond acceptors (Lipinski definition) is 2. The Balaban J connectivity index is 4.07. The van der Waals surface area contributed by atoms with Crippen LogP contribution < -0.4 is 0 Å². The molecule has 1 N–H and O–H groups in total. The first-order chi connectivity index (χ1) is 7.06. The summed E-state index contributed by atoms with van der Waals surface area (Å²) in [6.07, 6.45) is 5.19. The molecule has 0 heterocycles. The highest BCUT2D eigenvalue weighted by atomic mass is 16.7. The number of unbranched alkanes of at least 4 members (excludes halogenated alkanes) is 1. The van der Waals surface area contributed by atoms with E-state index >= 15 is 0 Å². The maximum atomic E-state index is 10.1. The average Bonchev–Trinajstić information content (AvgIpc) is 2.12. The normalized spacial score (nSPS) is 11.7. The molecule has 3 heteroatoms. The smallest absolute Gasteiger partial charge is 0.449 e. The van der Waals surface area contributed by atoms with E-state index in [4.69, 9.17) is 5.11 Å². The Morgan fingerprint density at radius 3 is 2.60 bits per heavy atom. The Kier molecular flexibility index (Phi) is 7.53. The average molecular weight is 212 g/mol. The molecule has 0 rings (SSSR count). The Bertz CT molecular complexity index is 235. The van der Waals surface area contributed by atoms with Crippen molar-refractivity contribution in [3.8, 4) is 12.0 Å². The molecule has 0 saturated heterocycles. The Morgan fingerprint density at radius 1 is 1.47 bits per heavy atom. The second-order valence-electron chi connectivity index (χ2n) is 4.08. The SMILES string of the molecule is CCCCC(C#COC(=O)O)CC(C)C. The summed E-state index contributed by atoms with van der Waals surface area (Å²) in [6, 6.07) is 0. The van der Waals surface area contributed by atoms with Crippen molar-refractivity contribution in [1.82, 2.24) is 0 Å². The van der Waals surface area contributed by atoms with Gasteiger partial charge in [0.2, 0.25) is 0 Å². The fourth-order valence-electron chi connectivity index (χ4n) is 1.42. The zero-order valence-corrected chi connectivity index (χ0v) is 9.75. The van der Waals surface area contributed by atoms with Gasteiger partial charge in [0.05, 0.1) is 0 Å². The summed E-state index contributed by atoms with van der Waals surface area (Å²) >= 11 is 0. The van der Waals surface area contributed by atoms with Crippen LogP contribution in [0, 0.1) is 23.9 Å². The van der Waals surface area contributed by atoms with Gasteiger partial charge in [0.25, 0.3) is 0 Å². The maximum Gasteiger partial charge on any atom is 0.520 e. The first-order valence-electron chi connectivity index (χ1n) is 5.46. The van der Waals surface area contributed by atoms with E-state index in [1.54, 1.807) is 0 Å². The summed E-state index contributed by atoms with van der Waals surface area (Å²) in [5.74, 6) is 3.69. The summed E-state index contributed by atoms with van der Waals surface area (Å²) in [7, 11) is 0. The van der Waals surface area contributed by atoms with Crippen LogP contribution in [-0.2, 0) is 4.74 Å². The van der Waals surface area contributed by atoms with E-state index in [-0.39, 0.29) is 5.92 Å². The van der Waals surface area contributed by atoms with E-state index in [0.717, 1.165) is 25.7 Å². The Labute approximate surface area is 91.8 Å². The van der Waals surface area contributed by atoms with Crippen molar-refractivity contribution >= 4 is 6.16 Å². The summed E-state index contributed by atoms with van der Waals surface area (Å²) in [4.78, 5) is 10.1.